The van der Waals surface area contributed by atoms with Gasteiger partial charge in [0.25, 0.3) is 5.95 Å². The average molecular weight is 310 g/mol. The van der Waals surface area contributed by atoms with Gasteiger partial charge in [-0.3, -0.25) is 4.79 Å². The van der Waals surface area contributed by atoms with Gasteiger partial charge in [0.05, 0.1) is 6.10 Å². The molecule has 0 spiro atoms. The van der Waals surface area contributed by atoms with Crippen molar-refractivity contribution in [3.8, 4) is 5.95 Å². The van der Waals surface area contributed by atoms with Crippen molar-refractivity contribution in [2.75, 3.05) is 0 Å². The number of aliphatic hydroxyl groups is 1. The Bertz CT molecular complexity index is 865. The second-order valence-corrected chi connectivity index (χ2v) is 6.39. The van der Waals surface area contributed by atoms with E-state index in [1.54, 1.807) is 0 Å². The van der Waals surface area contributed by atoms with E-state index in [1.807, 2.05) is 12.1 Å². The van der Waals surface area contributed by atoms with Crippen LogP contribution >= 0.6 is 0 Å². The summed E-state index contributed by atoms with van der Waals surface area (Å²) in [5.41, 5.74) is 3.68. The summed E-state index contributed by atoms with van der Waals surface area (Å²) in [6.07, 6.45) is 3.79. The molecular formula is C19H18O4. The first kappa shape index (κ1) is 14.3. The van der Waals surface area contributed by atoms with Gasteiger partial charge in [0.1, 0.15) is 5.42 Å². The van der Waals surface area contributed by atoms with E-state index in [1.165, 1.54) is 23.3 Å². The second-order valence-electron chi connectivity index (χ2n) is 6.39. The van der Waals surface area contributed by atoms with Gasteiger partial charge in [0.15, 0.2) is 5.78 Å². The van der Waals surface area contributed by atoms with Gasteiger partial charge in [-0.25, -0.2) is 0 Å². The summed E-state index contributed by atoms with van der Waals surface area (Å²) in [5.74, 6) is -0.0468. The molecule has 1 aromatic heterocycles. The van der Waals surface area contributed by atoms with Crippen LogP contribution in [0.4, 0.5) is 0 Å². The maximum atomic E-state index is 12.0. The Balaban J connectivity index is 1.46. The molecule has 4 heteroatoms. The fourth-order valence-corrected chi connectivity index (χ4v) is 3.72. The standard InChI is InChI=1S/C19H18O4/c20-16(13-7-11-3-1-2-4-12(11)8-13)6-5-14-15-9-19(22)23-18(15)10-17(14)21/h1-4,9-10,13,16,20,22H,5-8H2. The summed E-state index contributed by atoms with van der Waals surface area (Å²) in [6.45, 7) is 0. The quantitative estimate of drug-likeness (QED) is 0.886. The first-order valence-corrected chi connectivity index (χ1v) is 7.94. The zero-order valence-corrected chi connectivity index (χ0v) is 12.7. The molecule has 2 aliphatic carbocycles. The van der Waals surface area contributed by atoms with Gasteiger partial charge in [-0.1, -0.05) is 24.3 Å². The van der Waals surface area contributed by atoms with Gasteiger partial charge in [-0.15, -0.1) is 0 Å². The average Bonchev–Trinajstić information content (AvgIpc) is 3.17. The van der Waals surface area contributed by atoms with Crippen LogP contribution in [-0.2, 0) is 17.6 Å². The summed E-state index contributed by atoms with van der Waals surface area (Å²) in [7, 11) is 0. The van der Waals surface area contributed by atoms with Crippen molar-refractivity contribution < 1.29 is 19.4 Å². The molecule has 1 aromatic carbocycles. The third-order valence-electron chi connectivity index (χ3n) is 4.95. The van der Waals surface area contributed by atoms with E-state index in [2.05, 4.69) is 12.1 Å². The number of fused-ring (bicyclic) bond motifs is 2. The SMILES string of the molecule is O=C1C=c2oc(O)cc2=C1CCC(O)C1Cc2ccccc2C1. The molecule has 0 saturated heterocycles. The third kappa shape index (κ3) is 2.49. The van der Waals surface area contributed by atoms with Gasteiger partial charge in [-0.2, -0.15) is 0 Å². The van der Waals surface area contributed by atoms with Gasteiger partial charge >= 0.3 is 0 Å². The molecule has 23 heavy (non-hydrogen) atoms. The molecule has 1 unspecified atom stereocenters. The molecule has 0 saturated carbocycles. The largest absolute Gasteiger partial charge is 0.481 e. The Labute approximate surface area is 133 Å². The second kappa shape index (κ2) is 5.39. The zero-order chi connectivity index (χ0) is 16.0. The van der Waals surface area contributed by atoms with Crippen LogP contribution in [0.1, 0.15) is 24.0 Å². The number of aliphatic hydroxyl groups excluding tert-OH is 1. The topological polar surface area (TPSA) is 70.7 Å². The number of furan rings is 1. The lowest BCUT2D eigenvalue weighted by Gasteiger charge is -2.17. The smallest absolute Gasteiger partial charge is 0.282 e. The highest BCUT2D eigenvalue weighted by molar-refractivity contribution is 6.32. The van der Waals surface area contributed by atoms with Crippen molar-refractivity contribution in [3.05, 3.63) is 52.1 Å². The first-order chi connectivity index (χ1) is 11.1. The lowest BCUT2D eigenvalue weighted by molar-refractivity contribution is -0.108. The minimum atomic E-state index is -0.438. The van der Waals surface area contributed by atoms with Crippen LogP contribution < -0.4 is 10.6 Å². The molecule has 118 valence electrons. The van der Waals surface area contributed by atoms with E-state index in [0.717, 1.165) is 12.8 Å². The van der Waals surface area contributed by atoms with Crippen molar-refractivity contribution in [1.82, 2.24) is 0 Å². The van der Waals surface area contributed by atoms with Crippen LogP contribution in [0.25, 0.3) is 11.6 Å². The molecule has 0 fully saturated rings. The van der Waals surface area contributed by atoms with Crippen molar-refractivity contribution >= 4 is 17.4 Å². The number of benzene rings is 1. The molecule has 0 amide bonds. The molecular weight excluding hydrogens is 292 g/mol. The Morgan fingerprint density at radius 2 is 1.91 bits per heavy atom. The van der Waals surface area contributed by atoms with E-state index in [-0.39, 0.29) is 17.6 Å². The maximum Gasteiger partial charge on any atom is 0.282 e. The first-order valence-electron chi connectivity index (χ1n) is 7.94. The highest BCUT2D eigenvalue weighted by Gasteiger charge is 2.28. The summed E-state index contributed by atoms with van der Waals surface area (Å²) in [5, 5.41) is 20.6. The van der Waals surface area contributed by atoms with E-state index in [4.69, 9.17) is 4.42 Å². The maximum absolute atomic E-state index is 12.0. The van der Waals surface area contributed by atoms with Gasteiger partial charge in [0, 0.05) is 22.9 Å². The van der Waals surface area contributed by atoms with Gasteiger partial charge in [0.2, 0.25) is 0 Å². The molecule has 2 N–H and O–H groups in total. The minimum absolute atomic E-state index is 0.0827. The normalized spacial score (nSPS) is 18.0. The van der Waals surface area contributed by atoms with Gasteiger partial charge in [-0.05, 0) is 42.7 Å². The van der Waals surface area contributed by atoms with Gasteiger partial charge < -0.3 is 14.6 Å². The Morgan fingerprint density at radius 1 is 1.22 bits per heavy atom. The van der Waals surface area contributed by atoms with Crippen molar-refractivity contribution in [1.29, 1.82) is 0 Å². The summed E-state index contributed by atoms with van der Waals surface area (Å²) >= 11 is 0. The highest BCUT2D eigenvalue weighted by Crippen LogP contribution is 2.30. The third-order valence-corrected chi connectivity index (χ3v) is 4.95. The summed E-state index contributed by atoms with van der Waals surface area (Å²) < 4.78 is 5.07. The lowest BCUT2D eigenvalue weighted by Crippen LogP contribution is -2.22. The fraction of sp³-hybridized carbons (Fsp3) is 0.316. The Kier molecular flexibility index (Phi) is 3.34. The molecule has 1 atom stereocenters. The van der Waals surface area contributed by atoms with E-state index in [9.17, 15) is 15.0 Å². The number of carbonyl (C=O) groups is 1. The van der Waals surface area contributed by atoms with Crippen LogP contribution in [0.2, 0.25) is 0 Å². The zero-order valence-electron chi connectivity index (χ0n) is 12.7. The van der Waals surface area contributed by atoms with E-state index < -0.39 is 6.10 Å². The minimum Gasteiger partial charge on any atom is -0.481 e. The number of Topliss-reactive ketones (excluding diaryl/α,β-unsaturated/α-hetero) is 1. The number of aromatic hydroxyl groups is 1. The molecule has 2 aliphatic rings. The monoisotopic (exact) mass is 310 g/mol. The molecule has 4 nitrogen and oxygen atoms in total. The number of hydrogen-bond donors (Lipinski definition) is 2. The fourth-order valence-electron chi connectivity index (χ4n) is 3.72. The van der Waals surface area contributed by atoms with Crippen LogP contribution in [-0.4, -0.2) is 22.1 Å². The van der Waals surface area contributed by atoms with Crippen LogP contribution in [0.5, 0.6) is 5.95 Å². The van der Waals surface area contributed by atoms with Crippen molar-refractivity contribution in [2.45, 2.75) is 31.8 Å². The van der Waals surface area contributed by atoms with E-state index in [0.29, 0.717) is 29.0 Å². The van der Waals surface area contributed by atoms with Crippen LogP contribution in [0.3, 0.4) is 0 Å². The Morgan fingerprint density at radius 3 is 2.61 bits per heavy atom. The number of ketones is 1. The number of rotatable bonds is 4. The Hall–Kier alpha value is -2.33. The van der Waals surface area contributed by atoms with Crippen LogP contribution in [0, 0.1) is 5.92 Å². The molecule has 2 aromatic rings. The molecule has 4 rings (SSSR count). The summed E-state index contributed by atoms with van der Waals surface area (Å²) in [6, 6.07) is 9.77. The van der Waals surface area contributed by atoms with Crippen molar-refractivity contribution in [2.24, 2.45) is 5.92 Å². The predicted molar refractivity (Wildman–Crippen MR) is 85.1 cm³/mol. The molecule has 1 heterocycles. The number of hydrogen-bond acceptors (Lipinski definition) is 4. The molecule has 0 radical (unpaired) electrons. The lowest BCUT2D eigenvalue weighted by atomic mass is 9.93. The highest BCUT2D eigenvalue weighted by atomic mass is 16.5. The summed E-state index contributed by atoms with van der Waals surface area (Å²) in [4.78, 5) is 12.0. The molecule has 0 aliphatic heterocycles. The van der Waals surface area contributed by atoms with Crippen LogP contribution in [0.15, 0.2) is 34.7 Å². The van der Waals surface area contributed by atoms with E-state index >= 15 is 0 Å². The number of carbonyl (C=O) groups excluding carboxylic acids is 1. The molecule has 0 bridgehead atoms. The van der Waals surface area contributed by atoms with Crippen molar-refractivity contribution in [3.63, 3.8) is 0 Å². The predicted octanol–water partition coefficient (Wildman–Crippen LogP) is 1.06.